The first-order valence-electron chi connectivity index (χ1n) is 21.4. The molecule has 28 heteroatoms. The van der Waals surface area contributed by atoms with Gasteiger partial charge in [0.15, 0.2) is 0 Å². The van der Waals surface area contributed by atoms with E-state index in [1.807, 2.05) is 5.32 Å². The fourth-order valence-electron chi connectivity index (χ4n) is 7.32. The van der Waals surface area contributed by atoms with E-state index in [4.69, 9.17) is 5.11 Å². The van der Waals surface area contributed by atoms with E-state index < -0.39 is 177 Å². The van der Waals surface area contributed by atoms with Crippen LogP contribution in [0.2, 0.25) is 0 Å². The van der Waals surface area contributed by atoms with Crippen LogP contribution in [0.25, 0.3) is 0 Å². The minimum atomic E-state index is -2.09. The number of phenolic OH excluding ortho intramolecular Hbond substituents is 1. The third-order valence-corrected chi connectivity index (χ3v) is 10.8. The van der Waals surface area contributed by atoms with Crippen LogP contribution in [0.5, 0.6) is 5.75 Å². The third kappa shape index (κ3) is 18.4. The van der Waals surface area contributed by atoms with Crippen molar-refractivity contribution in [1.29, 1.82) is 0 Å². The van der Waals surface area contributed by atoms with Gasteiger partial charge in [-0.3, -0.25) is 57.5 Å². The number of hydrogen-bond donors (Lipinski definition) is 14. The molecule has 3 rings (SSSR count). The van der Waals surface area contributed by atoms with Crippen molar-refractivity contribution in [3.63, 3.8) is 0 Å². The lowest BCUT2D eigenvalue weighted by Gasteiger charge is -2.30. The van der Waals surface area contributed by atoms with Crippen molar-refractivity contribution in [3.8, 4) is 5.75 Å². The summed E-state index contributed by atoms with van der Waals surface area (Å²) in [5.41, 5.74) is 0.241. The lowest BCUT2D eigenvalue weighted by molar-refractivity contribution is -0.147. The number of nitrogens with zero attached hydrogens (tertiary/aromatic N) is 1. The highest BCUT2D eigenvalue weighted by atomic mass is 16.4. The topological polar surface area (TPSA) is 451 Å². The van der Waals surface area contributed by atoms with E-state index in [0.717, 1.165) is 4.90 Å². The molecular weight excluding hydrogens is 924 g/mol. The van der Waals surface area contributed by atoms with Gasteiger partial charge in [0, 0.05) is 25.8 Å². The van der Waals surface area contributed by atoms with E-state index in [2.05, 4.69) is 31.9 Å². The lowest BCUT2D eigenvalue weighted by atomic mass is 10.0. The molecule has 69 heavy (non-hydrogen) atoms. The standard InChI is InChI=1S/C41H54N8O20/c50-20-7-5-19(6-8-20)15-24(37(64)48-27(41(68)69)18-33(59)60)45-38(65)25(16-31(55)56)46-35(62)23(10-12-30(53)54)44-39(66)28-4-2-14-49(28)40(67)26(17-32(57)58)47-36(63)22(9-11-29(51)52)43-34(61)21-3-1-13-42-21/h5-8,21-28,42,50H,1-4,9-18H2,(H,43,61)(H,44,66)(H,45,65)(H,46,62)(H,47,63)(H,48,64)(H,51,52)(H,53,54)(H,55,56)(H,57,58)(H,59,60)(H,68,69). The number of carbonyl (C=O) groups excluding carboxylic acids is 7. The zero-order valence-corrected chi connectivity index (χ0v) is 36.7. The molecule has 2 saturated heterocycles. The highest BCUT2D eigenvalue weighted by Gasteiger charge is 2.41. The number of nitrogens with one attached hydrogen (secondary N) is 7. The number of aromatic hydroxyl groups is 1. The SMILES string of the molecule is O=C(O)CCC(NC(=O)C1CCCN1)C(=O)NC(CC(=O)O)C(=O)N1CCCC1C(=O)NC(CCC(=O)O)C(=O)NC(CC(=O)O)C(=O)NC(Cc1ccc(O)cc1)C(=O)NC(CC(=O)O)C(=O)O. The van der Waals surface area contributed by atoms with E-state index in [1.165, 1.54) is 24.3 Å². The Hall–Kier alpha value is -7.91. The zero-order valence-electron chi connectivity index (χ0n) is 36.7. The van der Waals surface area contributed by atoms with Crippen molar-refractivity contribution in [2.75, 3.05) is 13.1 Å². The Morgan fingerprint density at radius 1 is 0.536 bits per heavy atom. The number of benzene rings is 1. The predicted octanol–water partition coefficient (Wildman–Crippen LogP) is -4.18. The molecule has 0 aliphatic carbocycles. The minimum absolute atomic E-state index is 0.110. The van der Waals surface area contributed by atoms with Gasteiger partial charge in [-0.1, -0.05) is 12.1 Å². The predicted molar refractivity (Wildman–Crippen MR) is 227 cm³/mol. The number of amides is 7. The van der Waals surface area contributed by atoms with Crippen molar-refractivity contribution >= 4 is 77.2 Å². The van der Waals surface area contributed by atoms with Crippen LogP contribution in [0.1, 0.15) is 76.2 Å². The van der Waals surface area contributed by atoms with Crippen molar-refractivity contribution in [3.05, 3.63) is 29.8 Å². The monoisotopic (exact) mass is 978 g/mol. The Morgan fingerprint density at radius 3 is 1.51 bits per heavy atom. The molecule has 0 aromatic heterocycles. The zero-order chi connectivity index (χ0) is 51.5. The Kier molecular flexibility index (Phi) is 21.2. The van der Waals surface area contributed by atoms with Crippen LogP contribution in [0.15, 0.2) is 24.3 Å². The van der Waals surface area contributed by atoms with Crippen LogP contribution in [0.3, 0.4) is 0 Å². The summed E-state index contributed by atoms with van der Waals surface area (Å²) in [6, 6.07) is -8.35. The molecule has 0 radical (unpaired) electrons. The molecule has 2 aliphatic heterocycles. The van der Waals surface area contributed by atoms with Gasteiger partial charge in [0.1, 0.15) is 48.0 Å². The molecule has 2 heterocycles. The second kappa shape index (κ2) is 26.4. The molecule has 1 aromatic carbocycles. The Balaban J connectivity index is 1.85. The highest BCUT2D eigenvalue weighted by Crippen LogP contribution is 2.21. The average molecular weight is 979 g/mol. The third-order valence-electron chi connectivity index (χ3n) is 10.8. The second-order valence-corrected chi connectivity index (χ2v) is 16.1. The smallest absolute Gasteiger partial charge is 0.326 e. The Morgan fingerprint density at radius 2 is 1.00 bits per heavy atom. The summed E-state index contributed by atoms with van der Waals surface area (Å²) in [5.74, 6) is -17.6. The van der Waals surface area contributed by atoms with E-state index in [-0.39, 0.29) is 30.7 Å². The number of carbonyl (C=O) groups is 13. The van der Waals surface area contributed by atoms with Gasteiger partial charge in [0.2, 0.25) is 41.4 Å². The molecule has 2 aliphatic rings. The van der Waals surface area contributed by atoms with Gasteiger partial charge < -0.3 is 77.9 Å². The average Bonchev–Trinajstić information content (AvgIpc) is 3.99. The van der Waals surface area contributed by atoms with E-state index in [1.54, 1.807) is 0 Å². The van der Waals surface area contributed by atoms with Gasteiger partial charge >= 0.3 is 35.8 Å². The molecule has 28 nitrogen and oxygen atoms in total. The summed E-state index contributed by atoms with van der Waals surface area (Å²) in [7, 11) is 0. The largest absolute Gasteiger partial charge is 0.508 e. The summed E-state index contributed by atoms with van der Waals surface area (Å²) < 4.78 is 0. The summed E-state index contributed by atoms with van der Waals surface area (Å²) in [4.78, 5) is 166. The first-order valence-corrected chi connectivity index (χ1v) is 21.4. The fraction of sp³-hybridized carbons (Fsp3) is 0.537. The molecule has 1 aromatic rings. The van der Waals surface area contributed by atoms with E-state index >= 15 is 0 Å². The first kappa shape index (κ1) is 55.4. The van der Waals surface area contributed by atoms with Crippen LogP contribution in [0, 0.1) is 0 Å². The van der Waals surface area contributed by atoms with Crippen molar-refractivity contribution in [2.45, 2.75) is 125 Å². The molecule has 0 saturated carbocycles. The molecule has 0 spiro atoms. The molecule has 14 N–H and O–H groups in total. The quantitative estimate of drug-likeness (QED) is 0.0379. The number of rotatable bonds is 28. The van der Waals surface area contributed by atoms with Gasteiger partial charge in [-0.25, -0.2) is 4.79 Å². The molecular formula is C41H54N8O20. The molecule has 8 unspecified atom stereocenters. The number of aliphatic carboxylic acids is 6. The van der Waals surface area contributed by atoms with Crippen LogP contribution in [0.4, 0.5) is 0 Å². The van der Waals surface area contributed by atoms with Crippen molar-refractivity contribution in [2.24, 2.45) is 0 Å². The number of likely N-dealkylation sites (tertiary alicyclic amines) is 1. The molecule has 7 amide bonds. The summed E-state index contributed by atoms with van der Waals surface area (Å²) in [6.07, 6.45) is -5.31. The molecule has 0 bridgehead atoms. The van der Waals surface area contributed by atoms with Crippen LogP contribution >= 0.6 is 0 Å². The maximum Gasteiger partial charge on any atom is 0.326 e. The van der Waals surface area contributed by atoms with Gasteiger partial charge in [0.05, 0.1) is 25.3 Å². The minimum Gasteiger partial charge on any atom is -0.508 e. The molecule has 8 atom stereocenters. The number of carboxylic acids is 6. The molecule has 2 fully saturated rings. The number of hydrogen-bond acceptors (Lipinski definition) is 15. The summed E-state index contributed by atoms with van der Waals surface area (Å²) in [5, 5.41) is 82.4. The molecule has 378 valence electrons. The van der Waals surface area contributed by atoms with Gasteiger partial charge in [0.25, 0.3) is 0 Å². The summed E-state index contributed by atoms with van der Waals surface area (Å²) >= 11 is 0. The van der Waals surface area contributed by atoms with Crippen LogP contribution in [-0.2, 0) is 68.7 Å². The fourth-order valence-corrected chi connectivity index (χ4v) is 7.32. The maximum atomic E-state index is 13.9. The normalized spacial score (nSPS) is 17.8. The maximum absolute atomic E-state index is 13.9. The first-order chi connectivity index (χ1) is 32.4. The highest BCUT2D eigenvalue weighted by molar-refractivity contribution is 5.99. The second-order valence-electron chi connectivity index (χ2n) is 16.1. The van der Waals surface area contributed by atoms with Gasteiger partial charge in [-0.15, -0.1) is 0 Å². The lowest BCUT2D eigenvalue weighted by Crippen LogP contribution is -2.60. The van der Waals surface area contributed by atoms with Crippen LogP contribution in [-0.4, -0.2) is 179 Å². The van der Waals surface area contributed by atoms with E-state index in [0.29, 0.717) is 19.4 Å². The Labute approximate surface area is 390 Å². The summed E-state index contributed by atoms with van der Waals surface area (Å²) in [6.45, 7) is 0.298. The van der Waals surface area contributed by atoms with Gasteiger partial charge in [-0.2, -0.15) is 0 Å². The number of phenols is 1. The van der Waals surface area contributed by atoms with Crippen molar-refractivity contribution < 1.29 is 98.1 Å². The van der Waals surface area contributed by atoms with Crippen LogP contribution < -0.4 is 37.2 Å². The van der Waals surface area contributed by atoms with Gasteiger partial charge in [-0.05, 0) is 62.8 Å². The van der Waals surface area contributed by atoms with Crippen molar-refractivity contribution in [1.82, 2.24) is 42.1 Å². The van der Waals surface area contributed by atoms with E-state index in [9.17, 15) is 93.0 Å². The number of carboxylic acid groups (broad SMARTS) is 6. The Bertz CT molecular complexity index is 2130.